The summed E-state index contributed by atoms with van der Waals surface area (Å²) in [6, 6.07) is 3.71. The van der Waals surface area contributed by atoms with E-state index >= 15 is 0 Å². The Morgan fingerprint density at radius 2 is 1.90 bits per heavy atom. The van der Waals surface area contributed by atoms with Crippen molar-refractivity contribution in [1.29, 1.82) is 0 Å². The van der Waals surface area contributed by atoms with Crippen LogP contribution in [0.15, 0.2) is 12.1 Å². The molecule has 0 saturated carbocycles. The molecule has 3 N–H and O–H groups in total. The van der Waals surface area contributed by atoms with Gasteiger partial charge in [0.05, 0.1) is 5.69 Å². The molecule has 1 aromatic heterocycles. The minimum absolute atomic E-state index is 0.305. The van der Waals surface area contributed by atoms with Crippen LogP contribution in [0.4, 0.5) is 11.5 Å². The fourth-order valence-electron chi connectivity index (χ4n) is 1.80. The average Bonchev–Trinajstić information content (AvgIpc) is 2.37. The second-order valence-corrected chi connectivity index (χ2v) is 5.76. The number of hydrogen-bond acceptors (Lipinski definition) is 5. The van der Waals surface area contributed by atoms with Gasteiger partial charge in [-0.1, -0.05) is 13.8 Å². The molecule has 0 amide bonds. The predicted molar refractivity (Wildman–Crippen MR) is 85.3 cm³/mol. The molecule has 0 radical (unpaired) electrons. The molecule has 1 heterocycles. The highest BCUT2D eigenvalue weighted by atomic mass is 16.5. The summed E-state index contributed by atoms with van der Waals surface area (Å²) < 4.78 is 5.76. The van der Waals surface area contributed by atoms with Crippen LogP contribution in [0, 0.1) is 0 Å². The first kappa shape index (κ1) is 16.6. The lowest BCUT2D eigenvalue weighted by Crippen LogP contribution is -2.29. The lowest BCUT2D eigenvalue weighted by atomic mass is 10.2. The van der Waals surface area contributed by atoms with Gasteiger partial charge in [-0.25, -0.2) is 0 Å². The van der Waals surface area contributed by atoms with Gasteiger partial charge >= 0.3 is 0 Å². The molecule has 0 bridgehead atoms. The molecule has 0 aliphatic rings. The van der Waals surface area contributed by atoms with E-state index in [9.17, 15) is 0 Å². The topological polar surface area (TPSA) is 63.4 Å². The van der Waals surface area contributed by atoms with Crippen molar-refractivity contribution < 1.29 is 4.74 Å². The van der Waals surface area contributed by atoms with Crippen molar-refractivity contribution >= 4 is 11.5 Å². The Hall–Kier alpha value is -1.49. The van der Waals surface area contributed by atoms with Crippen molar-refractivity contribution in [2.45, 2.75) is 40.2 Å². The minimum Gasteiger partial charge on any atom is -0.470 e. The number of nitrogen functional groups attached to an aromatic ring is 1. The highest BCUT2D eigenvalue weighted by molar-refractivity contribution is 5.53. The number of rotatable bonds is 7. The highest BCUT2D eigenvalue weighted by Crippen LogP contribution is 2.24. The maximum Gasteiger partial charge on any atom is 0.239 e. The van der Waals surface area contributed by atoms with Crippen LogP contribution < -0.4 is 15.8 Å². The van der Waals surface area contributed by atoms with E-state index in [2.05, 4.69) is 29.0 Å². The van der Waals surface area contributed by atoms with E-state index in [1.54, 1.807) is 0 Å². The fraction of sp³-hybridized carbons (Fsp3) is 0.667. The zero-order valence-corrected chi connectivity index (χ0v) is 13.4. The molecular weight excluding hydrogens is 252 g/mol. The van der Waals surface area contributed by atoms with E-state index in [4.69, 9.17) is 10.5 Å². The fourth-order valence-corrected chi connectivity index (χ4v) is 1.80. The van der Waals surface area contributed by atoms with Gasteiger partial charge in [-0.3, -0.25) is 0 Å². The van der Waals surface area contributed by atoms with E-state index in [-0.39, 0.29) is 5.60 Å². The molecular formula is C15H28N4O. The van der Waals surface area contributed by atoms with Gasteiger partial charge in [0, 0.05) is 13.1 Å². The van der Waals surface area contributed by atoms with Crippen LogP contribution in [0.5, 0.6) is 5.88 Å². The Kier molecular flexibility index (Phi) is 6.07. The number of ether oxygens (including phenoxy) is 1. The van der Waals surface area contributed by atoms with Gasteiger partial charge < -0.3 is 20.7 Å². The van der Waals surface area contributed by atoms with Gasteiger partial charge in [0.15, 0.2) is 0 Å². The van der Waals surface area contributed by atoms with E-state index in [0.717, 1.165) is 32.0 Å². The number of likely N-dealkylation sites (N-methyl/N-ethyl adjacent to an activating group) is 1. The quantitative estimate of drug-likeness (QED) is 0.804. The molecule has 1 rings (SSSR count). The van der Waals surface area contributed by atoms with Crippen LogP contribution in [-0.2, 0) is 0 Å². The van der Waals surface area contributed by atoms with Gasteiger partial charge in [-0.05, 0) is 46.0 Å². The molecule has 0 aromatic carbocycles. The van der Waals surface area contributed by atoms with Crippen LogP contribution in [-0.4, -0.2) is 41.7 Å². The van der Waals surface area contributed by atoms with Crippen molar-refractivity contribution in [3.8, 4) is 5.88 Å². The Labute approximate surface area is 122 Å². The van der Waals surface area contributed by atoms with Crippen LogP contribution in [0.1, 0.15) is 34.6 Å². The summed E-state index contributed by atoms with van der Waals surface area (Å²) in [6.07, 6.45) is 0. The molecule has 114 valence electrons. The second kappa shape index (κ2) is 7.33. The number of anilines is 2. The maximum absolute atomic E-state index is 5.89. The summed E-state index contributed by atoms with van der Waals surface area (Å²) in [7, 11) is 0. The van der Waals surface area contributed by atoms with Crippen molar-refractivity contribution in [1.82, 2.24) is 9.88 Å². The maximum atomic E-state index is 5.89. The van der Waals surface area contributed by atoms with Crippen LogP contribution in [0.3, 0.4) is 0 Å². The van der Waals surface area contributed by atoms with Crippen molar-refractivity contribution in [3.05, 3.63) is 12.1 Å². The lowest BCUT2D eigenvalue weighted by molar-refractivity contribution is 0.125. The summed E-state index contributed by atoms with van der Waals surface area (Å²) in [5.41, 5.74) is 6.15. The molecule has 5 nitrogen and oxygen atoms in total. The number of nitrogens with one attached hydrogen (secondary N) is 1. The Bertz CT molecular complexity index is 411. The largest absolute Gasteiger partial charge is 0.470 e. The van der Waals surface area contributed by atoms with Gasteiger partial charge in [0.1, 0.15) is 11.4 Å². The standard InChI is InChI=1S/C15H28N4O/c1-6-19(7-2)11-10-17-13-9-8-12(16)14(18-13)20-15(3,4)5/h8-9H,6-7,10-11,16H2,1-5H3,(H,17,18). The molecule has 0 spiro atoms. The third-order valence-corrected chi connectivity index (χ3v) is 2.92. The summed E-state index contributed by atoms with van der Waals surface area (Å²) >= 11 is 0. The number of nitrogens with zero attached hydrogens (tertiary/aromatic N) is 2. The third-order valence-electron chi connectivity index (χ3n) is 2.92. The molecule has 1 aromatic rings. The molecule has 0 saturated heterocycles. The first-order chi connectivity index (χ1) is 9.35. The van der Waals surface area contributed by atoms with Crippen molar-refractivity contribution in [2.24, 2.45) is 0 Å². The molecule has 20 heavy (non-hydrogen) atoms. The second-order valence-electron chi connectivity index (χ2n) is 5.76. The van der Waals surface area contributed by atoms with Crippen LogP contribution >= 0.6 is 0 Å². The molecule has 5 heteroatoms. The molecule has 0 aliphatic heterocycles. The van der Waals surface area contributed by atoms with Gasteiger partial charge in [0.25, 0.3) is 0 Å². The monoisotopic (exact) mass is 280 g/mol. The molecule has 0 unspecified atom stereocenters. The summed E-state index contributed by atoms with van der Waals surface area (Å²) in [5.74, 6) is 1.29. The summed E-state index contributed by atoms with van der Waals surface area (Å²) in [6.45, 7) is 14.2. The number of hydrogen-bond donors (Lipinski definition) is 2. The number of aromatic nitrogens is 1. The number of nitrogens with two attached hydrogens (primary N) is 1. The highest BCUT2D eigenvalue weighted by Gasteiger charge is 2.15. The van der Waals surface area contributed by atoms with E-state index in [1.807, 2.05) is 32.9 Å². The van der Waals surface area contributed by atoms with Crippen LogP contribution in [0.2, 0.25) is 0 Å². The van der Waals surface area contributed by atoms with E-state index < -0.39 is 0 Å². The van der Waals surface area contributed by atoms with Gasteiger partial charge in [0.2, 0.25) is 5.88 Å². The normalized spacial score (nSPS) is 11.7. The van der Waals surface area contributed by atoms with Gasteiger partial charge in [-0.15, -0.1) is 0 Å². The van der Waals surface area contributed by atoms with Gasteiger partial charge in [-0.2, -0.15) is 4.98 Å². The smallest absolute Gasteiger partial charge is 0.239 e. The summed E-state index contributed by atoms with van der Waals surface area (Å²) in [5, 5.41) is 3.31. The first-order valence-corrected chi connectivity index (χ1v) is 7.27. The minimum atomic E-state index is -0.305. The predicted octanol–water partition coefficient (Wildman–Crippen LogP) is 2.59. The van der Waals surface area contributed by atoms with E-state index in [0.29, 0.717) is 11.6 Å². The molecule has 0 atom stereocenters. The zero-order valence-electron chi connectivity index (χ0n) is 13.4. The lowest BCUT2D eigenvalue weighted by Gasteiger charge is -2.22. The third kappa shape index (κ3) is 5.65. The first-order valence-electron chi connectivity index (χ1n) is 7.27. The van der Waals surface area contributed by atoms with Crippen molar-refractivity contribution in [2.75, 3.05) is 37.2 Å². The summed E-state index contributed by atoms with van der Waals surface area (Å²) in [4.78, 5) is 6.79. The Morgan fingerprint density at radius 1 is 1.25 bits per heavy atom. The zero-order chi connectivity index (χ0) is 15.2. The average molecular weight is 280 g/mol. The van der Waals surface area contributed by atoms with Crippen LogP contribution in [0.25, 0.3) is 0 Å². The molecule has 0 aliphatic carbocycles. The SMILES string of the molecule is CCN(CC)CCNc1ccc(N)c(OC(C)(C)C)n1. The van der Waals surface area contributed by atoms with E-state index in [1.165, 1.54) is 0 Å². The Morgan fingerprint density at radius 3 is 2.45 bits per heavy atom. The van der Waals surface area contributed by atoms with Crippen molar-refractivity contribution in [3.63, 3.8) is 0 Å². The Balaban J connectivity index is 2.61. The molecule has 0 fully saturated rings. The number of pyridine rings is 1.